The molecule has 1 saturated heterocycles. The molecule has 1 aliphatic heterocycles. The molecule has 2 aromatic heterocycles. The molecule has 0 spiro atoms. The Labute approximate surface area is 161 Å². The average Bonchev–Trinajstić information content (AvgIpc) is 3.26. The van der Waals surface area contributed by atoms with Crippen molar-refractivity contribution in [3.05, 3.63) is 65.1 Å². The molecule has 0 N–H and O–H groups in total. The van der Waals surface area contributed by atoms with Gasteiger partial charge in [0.05, 0.1) is 30.0 Å². The highest BCUT2D eigenvalue weighted by Crippen LogP contribution is 2.08. The number of hydrogen-bond donors (Lipinski definition) is 0. The lowest BCUT2D eigenvalue weighted by Gasteiger charge is -2.34. The number of aromatic nitrogens is 2. The predicted molar refractivity (Wildman–Crippen MR) is 102 cm³/mol. The molecule has 144 valence electrons. The standard InChI is InChI=1S/C20H20N4O4/c25-17(18-6-3-11-28-18)12-22-7-9-23(10-8-22)19(26)13-24-14-21-16-5-2-1-4-15(16)20(24)27/h1-6,11,14H,7-10,12-13H2. The largest absolute Gasteiger partial charge is 0.461 e. The summed E-state index contributed by atoms with van der Waals surface area (Å²) in [5.74, 6) is 0.149. The molecule has 3 aromatic rings. The third-order valence-electron chi connectivity index (χ3n) is 4.93. The molecule has 0 saturated carbocycles. The number of piperazine rings is 1. The highest BCUT2D eigenvalue weighted by atomic mass is 16.3. The summed E-state index contributed by atoms with van der Waals surface area (Å²) in [6, 6.07) is 10.4. The second-order valence-corrected chi connectivity index (χ2v) is 6.75. The number of hydrogen-bond acceptors (Lipinski definition) is 6. The molecule has 28 heavy (non-hydrogen) atoms. The van der Waals surface area contributed by atoms with Crippen LogP contribution in [0.5, 0.6) is 0 Å². The van der Waals surface area contributed by atoms with Gasteiger partial charge in [0.2, 0.25) is 11.7 Å². The third kappa shape index (κ3) is 3.72. The summed E-state index contributed by atoms with van der Waals surface area (Å²) in [5.41, 5.74) is 0.396. The Morgan fingerprint density at radius 1 is 1.00 bits per heavy atom. The average molecular weight is 380 g/mol. The highest BCUT2D eigenvalue weighted by molar-refractivity contribution is 5.95. The van der Waals surface area contributed by atoms with Crippen molar-refractivity contribution >= 4 is 22.6 Å². The Morgan fingerprint density at radius 3 is 2.54 bits per heavy atom. The Hall–Kier alpha value is -3.26. The van der Waals surface area contributed by atoms with Crippen LogP contribution in [0.1, 0.15) is 10.6 Å². The minimum Gasteiger partial charge on any atom is -0.461 e. The third-order valence-corrected chi connectivity index (χ3v) is 4.93. The highest BCUT2D eigenvalue weighted by Gasteiger charge is 2.23. The first-order valence-electron chi connectivity index (χ1n) is 9.13. The zero-order valence-electron chi connectivity index (χ0n) is 15.3. The fourth-order valence-corrected chi connectivity index (χ4v) is 3.34. The Balaban J connectivity index is 1.35. The van der Waals surface area contributed by atoms with Crippen molar-refractivity contribution in [1.29, 1.82) is 0 Å². The summed E-state index contributed by atoms with van der Waals surface area (Å²) in [5, 5.41) is 0.499. The quantitative estimate of drug-likeness (QED) is 0.614. The van der Waals surface area contributed by atoms with E-state index in [1.54, 1.807) is 35.2 Å². The summed E-state index contributed by atoms with van der Waals surface area (Å²) >= 11 is 0. The zero-order valence-corrected chi connectivity index (χ0v) is 15.3. The van der Waals surface area contributed by atoms with Crippen LogP contribution in [-0.4, -0.2) is 63.8 Å². The number of carbonyl (C=O) groups excluding carboxylic acids is 2. The summed E-state index contributed by atoms with van der Waals surface area (Å²) < 4.78 is 6.47. The molecule has 4 rings (SSSR count). The van der Waals surface area contributed by atoms with E-state index in [1.807, 2.05) is 11.0 Å². The van der Waals surface area contributed by atoms with Crippen molar-refractivity contribution in [2.75, 3.05) is 32.7 Å². The number of amides is 1. The monoisotopic (exact) mass is 380 g/mol. The molecule has 0 bridgehead atoms. The molecule has 8 nitrogen and oxygen atoms in total. The summed E-state index contributed by atoms with van der Waals surface area (Å²) in [4.78, 5) is 45.2. The molecular weight excluding hydrogens is 360 g/mol. The zero-order chi connectivity index (χ0) is 19.5. The van der Waals surface area contributed by atoms with Crippen molar-refractivity contribution in [2.45, 2.75) is 6.54 Å². The van der Waals surface area contributed by atoms with Gasteiger partial charge in [0.25, 0.3) is 5.56 Å². The topological polar surface area (TPSA) is 88.7 Å². The summed E-state index contributed by atoms with van der Waals surface area (Å²) in [6.45, 7) is 2.46. The van der Waals surface area contributed by atoms with Crippen LogP contribution >= 0.6 is 0 Å². The second-order valence-electron chi connectivity index (χ2n) is 6.75. The fraction of sp³-hybridized carbons (Fsp3) is 0.300. The van der Waals surface area contributed by atoms with Crippen LogP contribution < -0.4 is 5.56 Å². The lowest BCUT2D eigenvalue weighted by Crippen LogP contribution is -2.51. The van der Waals surface area contributed by atoms with Crippen LogP contribution in [0.25, 0.3) is 10.9 Å². The van der Waals surface area contributed by atoms with Crippen LogP contribution in [0.15, 0.2) is 58.2 Å². The first-order chi connectivity index (χ1) is 13.6. The first kappa shape index (κ1) is 18.1. The van der Waals surface area contributed by atoms with E-state index < -0.39 is 0 Å². The maximum Gasteiger partial charge on any atom is 0.261 e. The van der Waals surface area contributed by atoms with E-state index in [4.69, 9.17) is 4.42 Å². The minimum absolute atomic E-state index is 0.0397. The van der Waals surface area contributed by atoms with Crippen LogP contribution in [-0.2, 0) is 11.3 Å². The molecule has 8 heteroatoms. The van der Waals surface area contributed by atoms with Gasteiger partial charge in [-0.1, -0.05) is 12.1 Å². The second kappa shape index (κ2) is 7.77. The molecule has 0 radical (unpaired) electrons. The van der Waals surface area contributed by atoms with Gasteiger partial charge in [0.1, 0.15) is 6.54 Å². The van der Waals surface area contributed by atoms with E-state index in [0.717, 1.165) is 0 Å². The van der Waals surface area contributed by atoms with E-state index in [9.17, 15) is 14.4 Å². The van der Waals surface area contributed by atoms with Gasteiger partial charge < -0.3 is 9.32 Å². The van der Waals surface area contributed by atoms with Gasteiger partial charge >= 0.3 is 0 Å². The molecule has 1 aliphatic rings. The van der Waals surface area contributed by atoms with E-state index >= 15 is 0 Å². The van der Waals surface area contributed by atoms with Crippen molar-refractivity contribution in [3.8, 4) is 0 Å². The van der Waals surface area contributed by atoms with Gasteiger partial charge in [0.15, 0.2) is 5.76 Å². The van der Waals surface area contributed by atoms with Crippen molar-refractivity contribution in [1.82, 2.24) is 19.4 Å². The van der Waals surface area contributed by atoms with Crippen LogP contribution in [0, 0.1) is 0 Å². The van der Waals surface area contributed by atoms with Crippen LogP contribution in [0.2, 0.25) is 0 Å². The SMILES string of the molecule is O=C(CN1CCN(C(=O)Cn2cnc3ccccc3c2=O)CC1)c1ccco1. The Bertz CT molecular complexity index is 1050. The fourth-order valence-electron chi connectivity index (χ4n) is 3.34. The molecular formula is C20H20N4O4. The van der Waals surface area contributed by atoms with E-state index in [2.05, 4.69) is 4.98 Å². The number of benzene rings is 1. The maximum atomic E-state index is 12.6. The van der Waals surface area contributed by atoms with Crippen molar-refractivity contribution in [3.63, 3.8) is 0 Å². The van der Waals surface area contributed by atoms with Gasteiger partial charge in [-0.25, -0.2) is 4.98 Å². The lowest BCUT2D eigenvalue weighted by molar-refractivity contribution is -0.133. The number of furan rings is 1. The number of para-hydroxylation sites is 1. The molecule has 0 aliphatic carbocycles. The number of fused-ring (bicyclic) bond motifs is 1. The predicted octanol–water partition coefficient (Wildman–Crippen LogP) is 1.02. The van der Waals surface area contributed by atoms with Gasteiger partial charge in [-0.15, -0.1) is 0 Å². The Kier molecular flexibility index (Phi) is 5.03. The van der Waals surface area contributed by atoms with Gasteiger partial charge in [-0.3, -0.25) is 23.9 Å². The van der Waals surface area contributed by atoms with Crippen molar-refractivity contribution < 1.29 is 14.0 Å². The smallest absolute Gasteiger partial charge is 0.261 e. The van der Waals surface area contributed by atoms with E-state index in [-0.39, 0.29) is 30.3 Å². The molecule has 1 aromatic carbocycles. The summed E-state index contributed by atoms with van der Waals surface area (Å²) in [6.07, 6.45) is 2.90. The van der Waals surface area contributed by atoms with E-state index in [0.29, 0.717) is 42.8 Å². The number of carbonyl (C=O) groups is 2. The number of rotatable bonds is 5. The molecule has 3 heterocycles. The first-order valence-corrected chi connectivity index (χ1v) is 9.13. The van der Waals surface area contributed by atoms with E-state index in [1.165, 1.54) is 17.2 Å². The minimum atomic E-state index is -0.221. The van der Waals surface area contributed by atoms with Crippen molar-refractivity contribution in [2.24, 2.45) is 0 Å². The number of Topliss-reactive ketones (excluding diaryl/α,β-unsaturated/α-hetero) is 1. The maximum absolute atomic E-state index is 12.6. The van der Waals surface area contributed by atoms with Gasteiger partial charge in [-0.05, 0) is 24.3 Å². The molecule has 0 atom stereocenters. The molecule has 1 fully saturated rings. The number of ketones is 1. The lowest BCUT2D eigenvalue weighted by atomic mass is 10.2. The van der Waals surface area contributed by atoms with Gasteiger partial charge in [0, 0.05) is 26.2 Å². The van der Waals surface area contributed by atoms with Crippen LogP contribution in [0.4, 0.5) is 0 Å². The van der Waals surface area contributed by atoms with Gasteiger partial charge in [-0.2, -0.15) is 0 Å². The molecule has 1 amide bonds. The van der Waals surface area contributed by atoms with Crippen LogP contribution in [0.3, 0.4) is 0 Å². The molecule has 0 unspecified atom stereocenters. The normalized spacial score (nSPS) is 15.1. The number of nitrogens with zero attached hydrogens (tertiary/aromatic N) is 4. The summed E-state index contributed by atoms with van der Waals surface area (Å²) in [7, 11) is 0. The Morgan fingerprint density at radius 2 is 1.79 bits per heavy atom.